The molecule has 1 radical (unpaired) electrons. The fourth-order valence-corrected chi connectivity index (χ4v) is 3.85. The van der Waals surface area contributed by atoms with E-state index >= 15 is 0 Å². The highest BCUT2D eigenvalue weighted by atomic mass is 16.5. The average Bonchev–Trinajstić information content (AvgIpc) is 2.74. The number of hydrogen-bond acceptors (Lipinski definition) is 5. The van der Waals surface area contributed by atoms with E-state index < -0.39 is 36.3 Å². The van der Waals surface area contributed by atoms with Gasteiger partial charge in [0.05, 0.1) is 31.3 Å². The zero-order chi connectivity index (χ0) is 23.6. The van der Waals surface area contributed by atoms with E-state index in [0.717, 1.165) is 12.8 Å². The minimum Gasteiger partial charge on any atom is -0.480 e. The number of hydrogen-bond donors (Lipinski definition) is 4. The Labute approximate surface area is 184 Å². The summed E-state index contributed by atoms with van der Waals surface area (Å²) in [5.41, 5.74) is 8.00. The van der Waals surface area contributed by atoms with Crippen LogP contribution in [0.2, 0.25) is 0 Å². The van der Waals surface area contributed by atoms with Gasteiger partial charge < -0.3 is 25.8 Å². The van der Waals surface area contributed by atoms with E-state index in [1.54, 1.807) is 0 Å². The fourth-order valence-electron chi connectivity index (χ4n) is 3.85. The summed E-state index contributed by atoms with van der Waals surface area (Å²) < 4.78 is 6.25. The van der Waals surface area contributed by atoms with Gasteiger partial charge in [-0.25, -0.2) is 5.73 Å². The lowest BCUT2D eigenvalue weighted by Crippen LogP contribution is -2.45. The van der Waals surface area contributed by atoms with Crippen LogP contribution in [-0.2, 0) is 23.9 Å². The molecule has 6 atom stereocenters. The van der Waals surface area contributed by atoms with Crippen LogP contribution >= 0.6 is 0 Å². The number of carbonyl (C=O) groups excluding carboxylic acids is 3. The molecule has 1 heterocycles. The van der Waals surface area contributed by atoms with Crippen LogP contribution in [0.15, 0.2) is 0 Å². The van der Waals surface area contributed by atoms with Crippen LogP contribution in [0, 0.1) is 17.8 Å². The third-order valence-corrected chi connectivity index (χ3v) is 6.19. The van der Waals surface area contributed by atoms with Crippen molar-refractivity contribution in [3.63, 3.8) is 0 Å². The first-order valence-electron chi connectivity index (χ1n) is 11.0. The third-order valence-electron chi connectivity index (χ3n) is 6.19. The molecule has 3 amide bonds. The second-order valence-corrected chi connectivity index (χ2v) is 8.35. The van der Waals surface area contributed by atoms with Crippen molar-refractivity contribution in [1.82, 2.24) is 21.7 Å². The average molecular weight is 442 g/mol. The monoisotopic (exact) mass is 441 g/mol. The fraction of sp³-hybridized carbons (Fsp3) is 0.810. The zero-order valence-electron chi connectivity index (χ0n) is 18.9. The zero-order valence-corrected chi connectivity index (χ0v) is 18.9. The predicted octanol–water partition coefficient (Wildman–Crippen LogP) is 0.327. The second-order valence-electron chi connectivity index (χ2n) is 8.35. The van der Waals surface area contributed by atoms with E-state index in [1.165, 1.54) is 0 Å². The molecule has 0 aromatic heterocycles. The smallest absolute Gasteiger partial charge is 0.322 e. The Morgan fingerprint density at radius 2 is 1.45 bits per heavy atom. The number of carbonyl (C=O) groups is 4. The van der Waals surface area contributed by atoms with Gasteiger partial charge in [0, 0.05) is 0 Å². The van der Waals surface area contributed by atoms with E-state index in [-0.39, 0.29) is 25.3 Å². The van der Waals surface area contributed by atoms with Crippen molar-refractivity contribution in [1.29, 1.82) is 0 Å². The molecule has 177 valence electrons. The van der Waals surface area contributed by atoms with Gasteiger partial charge >= 0.3 is 5.97 Å². The Morgan fingerprint density at radius 1 is 0.903 bits per heavy atom. The molecule has 1 saturated heterocycles. The largest absolute Gasteiger partial charge is 0.480 e. The van der Waals surface area contributed by atoms with Crippen LogP contribution in [0.4, 0.5) is 0 Å². The molecule has 0 saturated carbocycles. The van der Waals surface area contributed by atoms with Crippen molar-refractivity contribution in [2.24, 2.45) is 17.8 Å². The first kappa shape index (κ1) is 26.8. The van der Waals surface area contributed by atoms with Crippen LogP contribution < -0.4 is 21.7 Å². The number of nitrogens with one attached hydrogen (secondary N) is 4. The Kier molecular flexibility index (Phi) is 11.5. The summed E-state index contributed by atoms with van der Waals surface area (Å²) in [6.07, 6.45) is 3.20. The lowest BCUT2D eigenvalue weighted by atomic mass is 9.75. The summed E-state index contributed by atoms with van der Waals surface area (Å²) >= 11 is 0. The Morgan fingerprint density at radius 3 is 2.03 bits per heavy atom. The lowest BCUT2D eigenvalue weighted by Gasteiger charge is -2.44. The molecule has 10 nitrogen and oxygen atoms in total. The maximum Gasteiger partial charge on any atom is 0.322 e. The van der Waals surface area contributed by atoms with Gasteiger partial charge in [-0.1, -0.05) is 27.7 Å². The molecule has 2 unspecified atom stereocenters. The summed E-state index contributed by atoms with van der Waals surface area (Å²) in [7, 11) is 0. The van der Waals surface area contributed by atoms with Crippen molar-refractivity contribution in [3.05, 3.63) is 0 Å². The molecular formula is C21H37N4O6. The first-order chi connectivity index (χ1) is 14.6. The van der Waals surface area contributed by atoms with Crippen molar-refractivity contribution < 1.29 is 29.0 Å². The molecular weight excluding hydrogens is 404 g/mol. The molecule has 0 bridgehead atoms. The summed E-state index contributed by atoms with van der Waals surface area (Å²) in [5, 5.41) is 15.2. The molecule has 31 heavy (non-hydrogen) atoms. The Hall–Kier alpha value is -2.20. The number of rotatable bonds is 12. The first-order valence-corrected chi connectivity index (χ1v) is 11.0. The minimum absolute atomic E-state index is 0.129. The highest BCUT2D eigenvalue weighted by Crippen LogP contribution is 2.37. The molecule has 1 fully saturated rings. The highest BCUT2D eigenvalue weighted by Gasteiger charge is 2.37. The Balaban J connectivity index is 2.28. The van der Waals surface area contributed by atoms with E-state index in [0.29, 0.717) is 30.6 Å². The standard InChI is InChI=1S/C21H37N4O6/c1-5-16-13(3)12(2)14(4)17(31-16)8-6-7-15(22)21(30)25-10-19(27)23-9-18(26)24-11-20(28)29/h12-17,22H,5-11H2,1-4H3,(H,23,27)(H,24,26)(H,25,30)(H,28,29)/t12-,13+,14?,15-,16?,17-/m0/s1. The normalized spacial score (nSPS) is 26.5. The number of ether oxygens (including phenoxy) is 1. The van der Waals surface area contributed by atoms with Crippen molar-refractivity contribution >= 4 is 23.7 Å². The van der Waals surface area contributed by atoms with Crippen molar-refractivity contribution in [2.75, 3.05) is 19.6 Å². The summed E-state index contributed by atoms with van der Waals surface area (Å²) in [4.78, 5) is 45.4. The topological polar surface area (TPSA) is 158 Å². The molecule has 0 spiro atoms. The molecule has 0 aliphatic carbocycles. The quantitative estimate of drug-likeness (QED) is 0.342. The van der Waals surface area contributed by atoms with Crippen LogP contribution in [-0.4, -0.2) is 66.7 Å². The van der Waals surface area contributed by atoms with E-state index in [1.807, 2.05) is 0 Å². The van der Waals surface area contributed by atoms with Gasteiger partial charge in [0.2, 0.25) is 17.7 Å². The highest BCUT2D eigenvalue weighted by molar-refractivity contribution is 5.90. The number of amides is 3. The molecule has 0 aromatic carbocycles. The van der Waals surface area contributed by atoms with E-state index in [4.69, 9.17) is 15.6 Å². The van der Waals surface area contributed by atoms with Gasteiger partial charge in [-0.3, -0.25) is 19.2 Å². The lowest BCUT2D eigenvalue weighted by molar-refractivity contribution is -0.137. The maximum atomic E-state index is 12.0. The summed E-state index contributed by atoms with van der Waals surface area (Å²) in [5.74, 6) is -1.47. The Bertz CT molecular complexity index is 627. The second kappa shape index (κ2) is 13.3. The van der Waals surface area contributed by atoms with Gasteiger partial charge in [0.25, 0.3) is 0 Å². The molecule has 1 aliphatic rings. The molecule has 5 N–H and O–H groups in total. The minimum atomic E-state index is -1.19. The summed E-state index contributed by atoms with van der Waals surface area (Å²) in [6, 6.07) is -0.983. The van der Waals surface area contributed by atoms with Gasteiger partial charge in [0.15, 0.2) is 0 Å². The predicted molar refractivity (Wildman–Crippen MR) is 114 cm³/mol. The van der Waals surface area contributed by atoms with E-state index in [9.17, 15) is 19.2 Å². The summed E-state index contributed by atoms with van der Waals surface area (Å²) in [6.45, 7) is 7.54. The molecule has 0 aromatic rings. The molecule has 10 heteroatoms. The molecule has 1 rings (SSSR count). The maximum absolute atomic E-state index is 12.0. The van der Waals surface area contributed by atoms with Crippen LogP contribution in [0.3, 0.4) is 0 Å². The van der Waals surface area contributed by atoms with Crippen LogP contribution in [0.5, 0.6) is 0 Å². The van der Waals surface area contributed by atoms with Crippen LogP contribution in [0.1, 0.15) is 53.4 Å². The van der Waals surface area contributed by atoms with Crippen molar-refractivity contribution in [2.45, 2.75) is 71.6 Å². The molecule has 1 aliphatic heterocycles. The van der Waals surface area contributed by atoms with Gasteiger partial charge in [-0.2, -0.15) is 0 Å². The van der Waals surface area contributed by atoms with E-state index in [2.05, 4.69) is 43.6 Å². The van der Waals surface area contributed by atoms with Gasteiger partial charge in [-0.15, -0.1) is 0 Å². The van der Waals surface area contributed by atoms with Gasteiger partial charge in [-0.05, 0) is 43.4 Å². The number of carboxylic acid groups (broad SMARTS) is 1. The number of carboxylic acids is 1. The van der Waals surface area contributed by atoms with Crippen LogP contribution in [0.25, 0.3) is 0 Å². The van der Waals surface area contributed by atoms with Gasteiger partial charge in [0.1, 0.15) is 6.54 Å². The number of aliphatic carboxylic acids is 1. The SMILES string of the molecule is CCC1O[C@@H](CCC[C@H]([NH])C(=O)NCC(=O)NCC(=O)NCC(=O)O)C(C)[C@@H](C)[C@H]1C. The van der Waals surface area contributed by atoms with Crippen molar-refractivity contribution in [3.8, 4) is 0 Å². The third kappa shape index (κ3) is 9.22.